The molecule has 3 aliphatic heterocycles. The van der Waals surface area contributed by atoms with Gasteiger partial charge in [-0.1, -0.05) is 24.3 Å². The molecule has 0 aliphatic carbocycles. The van der Waals surface area contributed by atoms with Gasteiger partial charge < -0.3 is 40.2 Å². The molecule has 418 valence electrons. The number of anilines is 1. The van der Waals surface area contributed by atoms with Crippen molar-refractivity contribution >= 4 is 29.9 Å². The van der Waals surface area contributed by atoms with Gasteiger partial charge in [-0.25, -0.2) is 43.3 Å². The molecule has 27 heteroatoms. The van der Waals surface area contributed by atoms with Crippen molar-refractivity contribution in [2.75, 3.05) is 52.0 Å². The fourth-order valence-corrected chi connectivity index (χ4v) is 9.43. The fraction of sp³-hybridized carbons (Fsp3) is 0.520. The largest absolute Gasteiger partial charge is 0.453 e. The van der Waals surface area contributed by atoms with Crippen molar-refractivity contribution in [3.8, 4) is 22.5 Å². The van der Waals surface area contributed by atoms with Crippen LogP contribution in [0.3, 0.4) is 0 Å². The predicted molar refractivity (Wildman–Crippen MR) is 259 cm³/mol. The average molecular weight is 1090 g/mol. The molecule has 4 amide bonds. The van der Waals surface area contributed by atoms with Crippen LogP contribution < -0.4 is 26.3 Å². The minimum atomic E-state index is -5.19. The Balaban J connectivity index is 1.20. The second kappa shape index (κ2) is 23.4. The molecule has 6 atom stereocenters. The van der Waals surface area contributed by atoms with Crippen molar-refractivity contribution in [3.63, 3.8) is 0 Å². The number of aliphatic hydroxyl groups is 1. The van der Waals surface area contributed by atoms with E-state index in [0.29, 0.717) is 73.5 Å². The number of rotatable bonds is 19. The standard InChI is InChI=1S/C50H59F8N11O8/c1-47(2,49(53,54)55)39(64-45(73)75-5)42(71)63-37(16-27-8-10-28(11-9-27)30-19-61-44(62-20-30)67-21-31-12-13-32(22-67)69(31)33-25-77-26-33)38(70)24-68(66-43(72)40(65-46(74)76-6)48(3,4)50(56,57)58)23-34-35(51)17-29(18-36(34)52)41-59-14-7-15-60-41/h7-11,14-15,17-20,31-33,37-40,70H,12-13,16,21-26H2,1-6H3,(H,63,71)(H,64,73)(H,65,74)(H,66,72)/t31?,32?,37-,38-,39+,40+/m0/s1. The van der Waals surface area contributed by atoms with Crippen molar-refractivity contribution in [2.45, 2.75) is 108 Å². The molecule has 5 N–H and O–H groups in total. The molecule has 19 nitrogen and oxygen atoms in total. The van der Waals surface area contributed by atoms with Gasteiger partial charge in [0.2, 0.25) is 11.9 Å². The molecular weight excluding hydrogens is 1030 g/mol. The number of hydrogen-bond acceptors (Lipinski definition) is 15. The van der Waals surface area contributed by atoms with Gasteiger partial charge in [-0.05, 0) is 76.3 Å². The molecule has 2 unspecified atom stereocenters. The number of carbonyl (C=O) groups excluding carboxylic acids is 4. The number of nitrogens with zero attached hydrogens (tertiary/aromatic N) is 7. The molecule has 3 fully saturated rings. The number of hydrogen-bond donors (Lipinski definition) is 5. The number of amides is 4. The summed E-state index contributed by atoms with van der Waals surface area (Å²) in [5, 5.41) is 18.7. The summed E-state index contributed by atoms with van der Waals surface area (Å²) in [6, 6.07) is 4.01. The number of hydrazine groups is 1. The van der Waals surface area contributed by atoms with E-state index in [-0.39, 0.29) is 11.4 Å². The van der Waals surface area contributed by atoms with Crippen LogP contribution in [0.25, 0.3) is 22.5 Å². The summed E-state index contributed by atoms with van der Waals surface area (Å²) in [4.78, 5) is 74.9. The second-order valence-corrected chi connectivity index (χ2v) is 20.2. The smallest absolute Gasteiger partial charge is 0.407 e. The van der Waals surface area contributed by atoms with Crippen LogP contribution in [0.4, 0.5) is 50.7 Å². The lowest BCUT2D eigenvalue weighted by atomic mass is 9.82. The summed E-state index contributed by atoms with van der Waals surface area (Å²) in [6.45, 7) is 3.29. The third kappa shape index (κ3) is 13.1. The average Bonchev–Trinajstić information content (AvgIpc) is 3.62. The zero-order chi connectivity index (χ0) is 56.2. The van der Waals surface area contributed by atoms with Gasteiger partial charge in [-0.3, -0.25) is 19.9 Å². The van der Waals surface area contributed by atoms with E-state index in [9.17, 15) is 50.6 Å². The Morgan fingerprint density at radius 1 is 0.740 bits per heavy atom. The number of benzene rings is 2. The number of alkyl carbamates (subject to hydrolysis) is 2. The number of aliphatic hydroxyl groups excluding tert-OH is 1. The van der Waals surface area contributed by atoms with Gasteiger partial charge in [0.1, 0.15) is 23.7 Å². The van der Waals surface area contributed by atoms with Crippen molar-refractivity contribution in [1.29, 1.82) is 0 Å². The topological polar surface area (TPSA) is 226 Å². The quantitative estimate of drug-likeness (QED) is 0.0579. The van der Waals surface area contributed by atoms with Crippen molar-refractivity contribution < 1.29 is 73.6 Å². The number of piperazine rings is 1. The van der Waals surface area contributed by atoms with E-state index >= 15 is 8.78 Å². The molecule has 0 saturated carbocycles. The highest BCUT2D eigenvalue weighted by atomic mass is 19.4. The Kier molecular flexibility index (Phi) is 17.6. The molecule has 0 radical (unpaired) electrons. The van der Waals surface area contributed by atoms with Gasteiger partial charge in [0.05, 0.1) is 56.5 Å². The molecule has 0 spiro atoms. The van der Waals surface area contributed by atoms with Gasteiger partial charge >= 0.3 is 24.5 Å². The maximum Gasteiger partial charge on any atom is 0.407 e. The van der Waals surface area contributed by atoms with Crippen LogP contribution >= 0.6 is 0 Å². The number of nitrogens with one attached hydrogen (secondary N) is 4. The number of halogens is 8. The van der Waals surface area contributed by atoms with Crippen LogP contribution in [0.1, 0.15) is 51.7 Å². The van der Waals surface area contributed by atoms with E-state index in [1.807, 2.05) is 10.6 Å². The van der Waals surface area contributed by atoms with Crippen LogP contribution in [0.2, 0.25) is 0 Å². The highest BCUT2D eigenvalue weighted by Crippen LogP contribution is 2.42. The Labute approximate surface area is 437 Å². The molecule has 3 saturated heterocycles. The number of aromatic nitrogens is 4. The van der Waals surface area contributed by atoms with Crippen molar-refractivity contribution in [1.82, 2.24) is 51.2 Å². The number of methoxy groups -OCH3 is 2. The van der Waals surface area contributed by atoms with Crippen molar-refractivity contribution in [2.24, 2.45) is 10.8 Å². The van der Waals surface area contributed by atoms with Crippen molar-refractivity contribution in [3.05, 3.63) is 90.0 Å². The normalized spacial score (nSPS) is 18.9. The molecule has 4 aromatic rings. The number of ether oxygens (including phenoxy) is 3. The lowest BCUT2D eigenvalue weighted by Crippen LogP contribution is -2.63. The molecule has 5 heterocycles. The minimum absolute atomic E-state index is 0.0957. The van der Waals surface area contributed by atoms with E-state index in [2.05, 4.69) is 50.0 Å². The van der Waals surface area contributed by atoms with Crippen LogP contribution in [0.15, 0.2) is 67.3 Å². The monoisotopic (exact) mass is 1090 g/mol. The summed E-state index contributed by atoms with van der Waals surface area (Å²) in [5.41, 5.74) is -3.37. The Morgan fingerprint density at radius 3 is 1.74 bits per heavy atom. The first kappa shape index (κ1) is 57.9. The van der Waals surface area contributed by atoms with E-state index in [1.54, 1.807) is 36.7 Å². The minimum Gasteiger partial charge on any atom is -0.453 e. The Hall–Kier alpha value is -6.84. The molecule has 2 bridgehead atoms. The maximum atomic E-state index is 16.0. The molecule has 2 aromatic carbocycles. The van der Waals surface area contributed by atoms with Crippen LogP contribution in [0.5, 0.6) is 0 Å². The van der Waals surface area contributed by atoms with Gasteiger partial charge in [0.15, 0.2) is 5.82 Å². The second-order valence-electron chi connectivity index (χ2n) is 20.2. The predicted octanol–water partition coefficient (Wildman–Crippen LogP) is 5.48. The lowest BCUT2D eigenvalue weighted by molar-refractivity contribution is -0.221. The summed E-state index contributed by atoms with van der Waals surface area (Å²) in [5.74, 6) is -5.22. The number of fused-ring (bicyclic) bond motifs is 2. The third-order valence-corrected chi connectivity index (χ3v) is 14.4. The Morgan fingerprint density at radius 2 is 1.26 bits per heavy atom. The van der Waals surface area contributed by atoms with Gasteiger partial charge in [-0.2, -0.15) is 26.3 Å². The summed E-state index contributed by atoms with van der Waals surface area (Å²) in [6.07, 6.45) is -7.71. The van der Waals surface area contributed by atoms with Gasteiger partial charge in [0.25, 0.3) is 5.91 Å². The highest BCUT2D eigenvalue weighted by Gasteiger charge is 2.57. The highest BCUT2D eigenvalue weighted by molar-refractivity contribution is 5.87. The van der Waals surface area contributed by atoms with E-state index < -0.39 is 108 Å². The number of carbonyl (C=O) groups is 4. The maximum absolute atomic E-state index is 16.0. The van der Waals surface area contributed by atoms with Gasteiger partial charge in [-0.15, -0.1) is 0 Å². The summed E-state index contributed by atoms with van der Waals surface area (Å²) >= 11 is 0. The first-order valence-electron chi connectivity index (χ1n) is 24.3. The zero-order valence-corrected chi connectivity index (χ0v) is 42.7. The summed E-state index contributed by atoms with van der Waals surface area (Å²) < 4.78 is 134. The van der Waals surface area contributed by atoms with Gasteiger partial charge in [0, 0.05) is 79.7 Å². The summed E-state index contributed by atoms with van der Waals surface area (Å²) in [7, 11) is 1.66. The molecule has 7 rings (SSSR count). The molecule has 3 aliphatic rings. The van der Waals surface area contributed by atoms with E-state index in [0.717, 1.165) is 65.5 Å². The number of alkyl halides is 6. The molecule has 2 aromatic heterocycles. The fourth-order valence-electron chi connectivity index (χ4n) is 9.43. The molecule has 77 heavy (non-hydrogen) atoms. The first-order chi connectivity index (χ1) is 36.2. The lowest BCUT2D eigenvalue weighted by Gasteiger charge is -2.47. The SMILES string of the molecule is COC(=O)N[C@H](C(=O)N[C@@H](Cc1ccc(-c2cnc(N3CC4CCC(C3)N4C3COC3)nc2)cc1)[C@@H](O)CN(Cc1c(F)cc(-c2ncccn2)cc1F)NC(=O)[C@@H](NC(=O)OC)C(C)(C)C(F)(F)F)C(C)(C)C(F)(F)F. The van der Waals surface area contributed by atoms with Crippen LogP contribution in [-0.4, -0.2) is 161 Å². The van der Waals surface area contributed by atoms with Crippen LogP contribution in [0, 0.1) is 22.5 Å². The zero-order valence-electron chi connectivity index (χ0n) is 42.7. The van der Waals surface area contributed by atoms with Crippen LogP contribution in [-0.2, 0) is 36.8 Å². The Bertz CT molecular complexity index is 2680. The van der Waals surface area contributed by atoms with E-state index in [1.165, 1.54) is 18.5 Å². The first-order valence-corrected chi connectivity index (χ1v) is 24.3. The third-order valence-electron chi connectivity index (χ3n) is 14.4. The molecular formula is C50H59F8N11O8. The van der Waals surface area contributed by atoms with E-state index in [4.69, 9.17) is 4.74 Å².